The van der Waals surface area contributed by atoms with E-state index in [1.165, 1.54) is 0 Å². The molecule has 2 aromatic rings. The lowest BCUT2D eigenvalue weighted by Gasteiger charge is -2.11. The molecule has 0 amide bonds. The van der Waals surface area contributed by atoms with Crippen LogP contribution in [0.3, 0.4) is 0 Å². The van der Waals surface area contributed by atoms with Crippen LogP contribution in [0, 0.1) is 0 Å². The highest BCUT2D eigenvalue weighted by atomic mass is 35.5. The summed E-state index contributed by atoms with van der Waals surface area (Å²) in [7, 11) is 0. The molecule has 0 bridgehead atoms. The van der Waals surface area contributed by atoms with Gasteiger partial charge in [0.25, 0.3) is 0 Å². The van der Waals surface area contributed by atoms with Crippen molar-refractivity contribution in [1.82, 2.24) is 5.32 Å². The molecule has 1 nitrogen and oxygen atoms in total. The minimum absolute atomic E-state index is 0.431. The van der Waals surface area contributed by atoms with E-state index < -0.39 is 0 Å². The van der Waals surface area contributed by atoms with Crippen molar-refractivity contribution in [2.45, 2.75) is 26.4 Å². The number of hydrogen-bond acceptors (Lipinski definition) is 1. The van der Waals surface area contributed by atoms with Crippen molar-refractivity contribution in [3.63, 3.8) is 0 Å². The quantitative estimate of drug-likeness (QED) is 0.746. The van der Waals surface area contributed by atoms with Crippen LogP contribution in [0.5, 0.6) is 0 Å². The molecule has 106 valence electrons. The second-order valence-corrected chi connectivity index (χ2v) is 6.19. The Hall–Kier alpha value is -0.730. The zero-order valence-corrected chi connectivity index (χ0v) is 13.7. The molecule has 2 rings (SSSR count). The number of nitrogens with one attached hydrogen (secondary N) is 1. The Morgan fingerprint density at radius 1 is 0.850 bits per heavy atom. The summed E-state index contributed by atoms with van der Waals surface area (Å²) in [6.07, 6.45) is 0. The Morgan fingerprint density at radius 2 is 1.45 bits per heavy atom. The van der Waals surface area contributed by atoms with E-state index in [0.717, 1.165) is 28.3 Å². The smallest absolute Gasteiger partial charge is 0.0598 e. The Morgan fingerprint density at radius 3 is 2.00 bits per heavy atom. The molecule has 0 fully saturated rings. The summed E-state index contributed by atoms with van der Waals surface area (Å²) in [4.78, 5) is 0. The van der Waals surface area contributed by atoms with Crippen molar-refractivity contribution in [2.24, 2.45) is 0 Å². The van der Waals surface area contributed by atoms with Crippen molar-refractivity contribution in [3.05, 3.63) is 57.0 Å². The number of benzene rings is 2. The van der Waals surface area contributed by atoms with Gasteiger partial charge in [-0.1, -0.05) is 66.8 Å². The van der Waals surface area contributed by atoms with Crippen molar-refractivity contribution < 1.29 is 0 Å². The highest BCUT2D eigenvalue weighted by molar-refractivity contribution is 6.42. The van der Waals surface area contributed by atoms with Crippen LogP contribution in [-0.4, -0.2) is 6.04 Å². The first-order valence-electron chi connectivity index (χ1n) is 6.44. The van der Waals surface area contributed by atoms with Crippen LogP contribution in [0.15, 0.2) is 36.4 Å². The van der Waals surface area contributed by atoms with Gasteiger partial charge in [0.05, 0.1) is 10.0 Å². The van der Waals surface area contributed by atoms with Gasteiger partial charge in [0.15, 0.2) is 0 Å². The lowest BCUT2D eigenvalue weighted by atomic mass is 10.0. The molecule has 0 aliphatic heterocycles. The molecule has 0 saturated carbocycles. The lowest BCUT2D eigenvalue weighted by Crippen LogP contribution is -2.21. The largest absolute Gasteiger partial charge is 0.310 e. The van der Waals surface area contributed by atoms with Crippen LogP contribution in [-0.2, 0) is 6.54 Å². The van der Waals surface area contributed by atoms with Crippen LogP contribution in [0.25, 0.3) is 11.1 Å². The van der Waals surface area contributed by atoms with Crippen LogP contribution in [0.4, 0.5) is 0 Å². The topological polar surface area (TPSA) is 12.0 Å². The second-order valence-electron chi connectivity index (χ2n) is 4.97. The van der Waals surface area contributed by atoms with Gasteiger partial charge in [0.1, 0.15) is 0 Å². The third-order valence-electron chi connectivity index (χ3n) is 3.01. The van der Waals surface area contributed by atoms with Crippen LogP contribution < -0.4 is 5.32 Å². The molecule has 0 radical (unpaired) electrons. The van der Waals surface area contributed by atoms with E-state index in [0.29, 0.717) is 16.1 Å². The third-order valence-corrected chi connectivity index (χ3v) is 4.10. The van der Waals surface area contributed by atoms with Crippen LogP contribution in [0.1, 0.15) is 19.4 Å². The summed E-state index contributed by atoms with van der Waals surface area (Å²) in [5, 5.41) is 5.21. The minimum Gasteiger partial charge on any atom is -0.310 e. The van der Waals surface area contributed by atoms with Crippen molar-refractivity contribution in [3.8, 4) is 11.1 Å². The molecule has 0 aromatic heterocycles. The molecule has 0 aliphatic rings. The molecule has 1 N–H and O–H groups in total. The van der Waals surface area contributed by atoms with E-state index >= 15 is 0 Å². The van der Waals surface area contributed by atoms with E-state index in [9.17, 15) is 0 Å². The molecule has 0 spiro atoms. The molecule has 0 atom stereocenters. The van der Waals surface area contributed by atoms with E-state index in [-0.39, 0.29) is 0 Å². The summed E-state index contributed by atoms with van der Waals surface area (Å²) < 4.78 is 0. The zero-order chi connectivity index (χ0) is 14.7. The fourth-order valence-electron chi connectivity index (χ4n) is 1.86. The van der Waals surface area contributed by atoms with Gasteiger partial charge >= 0.3 is 0 Å². The van der Waals surface area contributed by atoms with Crippen molar-refractivity contribution in [1.29, 1.82) is 0 Å². The molecular formula is C16H16Cl3N. The Balaban J connectivity index is 2.26. The average Bonchev–Trinajstić information content (AvgIpc) is 2.40. The monoisotopic (exact) mass is 327 g/mol. The first-order valence-corrected chi connectivity index (χ1v) is 7.58. The highest BCUT2D eigenvalue weighted by Gasteiger charge is 2.06. The molecule has 0 saturated heterocycles. The van der Waals surface area contributed by atoms with Crippen LogP contribution >= 0.6 is 34.8 Å². The fraction of sp³-hybridized carbons (Fsp3) is 0.250. The standard InChI is InChI=1S/C16H16Cl3N/c1-10(2)20-9-13-4-3-11(7-15(13)18)12-5-6-14(17)16(19)8-12/h3-8,10,20H,9H2,1-2H3. The molecule has 0 aliphatic carbocycles. The van der Waals surface area contributed by atoms with Gasteiger partial charge in [-0.05, 0) is 34.9 Å². The van der Waals surface area contributed by atoms with Crippen LogP contribution in [0.2, 0.25) is 15.1 Å². The second kappa shape index (κ2) is 6.82. The van der Waals surface area contributed by atoms with Crippen molar-refractivity contribution >= 4 is 34.8 Å². The van der Waals surface area contributed by atoms with Gasteiger partial charge in [0, 0.05) is 17.6 Å². The molecule has 4 heteroatoms. The minimum atomic E-state index is 0.431. The third kappa shape index (κ3) is 3.89. The van der Waals surface area contributed by atoms with E-state index in [4.69, 9.17) is 34.8 Å². The number of halogens is 3. The molecule has 0 unspecified atom stereocenters. The van der Waals surface area contributed by atoms with Crippen molar-refractivity contribution in [2.75, 3.05) is 0 Å². The maximum absolute atomic E-state index is 6.33. The summed E-state index contributed by atoms with van der Waals surface area (Å²) in [5.74, 6) is 0. The summed E-state index contributed by atoms with van der Waals surface area (Å²) in [5.41, 5.74) is 3.12. The maximum atomic E-state index is 6.33. The molecule has 0 heterocycles. The Bertz CT molecular complexity index is 609. The first kappa shape index (κ1) is 15.7. The van der Waals surface area contributed by atoms with Gasteiger partial charge in [-0.3, -0.25) is 0 Å². The lowest BCUT2D eigenvalue weighted by molar-refractivity contribution is 0.589. The summed E-state index contributed by atoms with van der Waals surface area (Å²) >= 11 is 18.3. The predicted octanol–water partition coefficient (Wildman–Crippen LogP) is 5.81. The first-order chi connectivity index (χ1) is 9.47. The van der Waals surface area contributed by atoms with Gasteiger partial charge in [-0.15, -0.1) is 0 Å². The van der Waals surface area contributed by atoms with E-state index in [2.05, 4.69) is 19.2 Å². The zero-order valence-electron chi connectivity index (χ0n) is 11.4. The highest BCUT2D eigenvalue weighted by Crippen LogP contribution is 2.30. The maximum Gasteiger partial charge on any atom is 0.0598 e. The molecule has 2 aromatic carbocycles. The van der Waals surface area contributed by atoms with Gasteiger partial charge in [-0.25, -0.2) is 0 Å². The van der Waals surface area contributed by atoms with Gasteiger partial charge in [0.2, 0.25) is 0 Å². The van der Waals surface area contributed by atoms with E-state index in [1.54, 1.807) is 6.07 Å². The Labute approximate surface area is 134 Å². The Kier molecular flexibility index (Phi) is 5.34. The SMILES string of the molecule is CC(C)NCc1ccc(-c2ccc(Cl)c(Cl)c2)cc1Cl. The summed E-state index contributed by atoms with van der Waals surface area (Å²) in [6.45, 7) is 4.98. The fourth-order valence-corrected chi connectivity index (χ4v) is 2.41. The normalized spacial score (nSPS) is 11.1. The number of rotatable bonds is 4. The number of hydrogen-bond donors (Lipinski definition) is 1. The summed E-state index contributed by atoms with van der Waals surface area (Å²) in [6, 6.07) is 12.0. The van der Waals surface area contributed by atoms with E-state index in [1.807, 2.05) is 30.3 Å². The van der Waals surface area contributed by atoms with Gasteiger partial charge in [-0.2, -0.15) is 0 Å². The average molecular weight is 329 g/mol. The molecular weight excluding hydrogens is 313 g/mol. The predicted molar refractivity (Wildman–Crippen MR) is 88.9 cm³/mol. The van der Waals surface area contributed by atoms with Gasteiger partial charge < -0.3 is 5.32 Å². The molecule has 20 heavy (non-hydrogen) atoms.